The van der Waals surface area contributed by atoms with Crippen molar-refractivity contribution in [2.45, 2.75) is 25.3 Å². The molecule has 15 heavy (non-hydrogen) atoms. The molecule has 0 fully saturated rings. The largest absolute Gasteiger partial charge is 0.480 e. The molecule has 1 aliphatic rings. The van der Waals surface area contributed by atoms with Crippen molar-refractivity contribution in [3.05, 3.63) is 28.8 Å². The summed E-state index contributed by atoms with van der Waals surface area (Å²) in [5, 5.41) is 12.6. The molecule has 0 spiro atoms. The molecule has 0 aromatic heterocycles. The first-order chi connectivity index (χ1) is 7.16. The van der Waals surface area contributed by atoms with Crippen molar-refractivity contribution in [2.24, 2.45) is 0 Å². The Balaban J connectivity index is 2.31. The van der Waals surface area contributed by atoms with Gasteiger partial charge in [0.05, 0.1) is 0 Å². The van der Waals surface area contributed by atoms with Crippen LogP contribution in [0.3, 0.4) is 0 Å². The molecule has 1 heterocycles. The molecule has 0 saturated heterocycles. The molecule has 3 nitrogen and oxygen atoms in total. The zero-order valence-electron chi connectivity index (χ0n) is 8.16. The molecule has 2 rings (SSSR count). The van der Waals surface area contributed by atoms with Gasteiger partial charge in [-0.15, -0.1) is 0 Å². The Kier molecular flexibility index (Phi) is 2.82. The Morgan fingerprint density at radius 3 is 3.07 bits per heavy atom. The summed E-state index contributed by atoms with van der Waals surface area (Å²) in [6.45, 7) is 0. The first-order valence-corrected chi connectivity index (χ1v) is 5.32. The van der Waals surface area contributed by atoms with E-state index in [-0.39, 0.29) is 0 Å². The second-order valence-corrected chi connectivity index (χ2v) is 4.17. The quantitative estimate of drug-likeness (QED) is 0.772. The predicted octanol–water partition coefficient (Wildman–Crippen LogP) is 2.54. The number of carbonyl (C=O) groups is 1. The number of aliphatic carboxylic acids is 1. The van der Waals surface area contributed by atoms with Gasteiger partial charge in [-0.3, -0.25) is 0 Å². The van der Waals surface area contributed by atoms with Gasteiger partial charge in [0.1, 0.15) is 6.04 Å². The summed E-state index contributed by atoms with van der Waals surface area (Å²) in [4.78, 5) is 10.9. The Morgan fingerprint density at radius 1 is 1.53 bits per heavy atom. The molecule has 80 valence electrons. The summed E-state index contributed by atoms with van der Waals surface area (Å²) in [6, 6.07) is 5.08. The van der Waals surface area contributed by atoms with Crippen molar-refractivity contribution in [2.75, 3.05) is 5.32 Å². The van der Waals surface area contributed by atoms with Crippen LogP contribution in [0.2, 0.25) is 5.02 Å². The van der Waals surface area contributed by atoms with E-state index < -0.39 is 12.0 Å². The molecule has 1 aromatic carbocycles. The Morgan fingerprint density at radius 2 is 2.33 bits per heavy atom. The van der Waals surface area contributed by atoms with Gasteiger partial charge in [0.15, 0.2) is 0 Å². The highest BCUT2D eigenvalue weighted by Crippen LogP contribution is 2.27. The number of fused-ring (bicyclic) bond motifs is 1. The SMILES string of the molecule is O=C(O)C1CCCc2ccc(Cl)cc2N1. The lowest BCUT2D eigenvalue weighted by molar-refractivity contribution is -0.138. The molecule has 2 N–H and O–H groups in total. The minimum Gasteiger partial charge on any atom is -0.480 e. The minimum atomic E-state index is -0.803. The lowest BCUT2D eigenvalue weighted by Crippen LogP contribution is -2.28. The van der Waals surface area contributed by atoms with Gasteiger partial charge in [0, 0.05) is 10.7 Å². The minimum absolute atomic E-state index is 0.496. The van der Waals surface area contributed by atoms with Crippen LogP contribution in [0.1, 0.15) is 18.4 Å². The zero-order valence-corrected chi connectivity index (χ0v) is 8.92. The highest BCUT2D eigenvalue weighted by Gasteiger charge is 2.21. The number of hydrogen-bond acceptors (Lipinski definition) is 2. The smallest absolute Gasteiger partial charge is 0.326 e. The van der Waals surface area contributed by atoms with Gasteiger partial charge in [0.25, 0.3) is 0 Å². The van der Waals surface area contributed by atoms with Crippen LogP contribution in [-0.4, -0.2) is 17.1 Å². The number of rotatable bonds is 1. The molecule has 4 heteroatoms. The number of hydrogen-bond donors (Lipinski definition) is 2. The fourth-order valence-electron chi connectivity index (χ4n) is 1.84. The van der Waals surface area contributed by atoms with E-state index in [4.69, 9.17) is 16.7 Å². The first kappa shape index (κ1) is 10.3. The monoisotopic (exact) mass is 225 g/mol. The third-order valence-corrected chi connectivity index (χ3v) is 2.87. The molecular formula is C11H12ClNO2. The average molecular weight is 226 g/mol. The van der Waals surface area contributed by atoms with Crippen LogP contribution in [-0.2, 0) is 11.2 Å². The van der Waals surface area contributed by atoms with Crippen molar-refractivity contribution >= 4 is 23.3 Å². The Labute approximate surface area is 93.1 Å². The van der Waals surface area contributed by atoms with Gasteiger partial charge in [-0.2, -0.15) is 0 Å². The molecule has 1 aliphatic heterocycles. The van der Waals surface area contributed by atoms with E-state index >= 15 is 0 Å². The van der Waals surface area contributed by atoms with E-state index in [2.05, 4.69) is 5.32 Å². The molecule has 0 radical (unpaired) electrons. The number of carboxylic acids is 1. The maximum absolute atomic E-state index is 10.9. The number of carboxylic acid groups (broad SMARTS) is 1. The predicted molar refractivity (Wildman–Crippen MR) is 59.4 cm³/mol. The summed E-state index contributed by atoms with van der Waals surface area (Å²) in [5.41, 5.74) is 2.00. The van der Waals surface area contributed by atoms with E-state index in [9.17, 15) is 4.79 Å². The third-order valence-electron chi connectivity index (χ3n) is 2.64. The van der Waals surface area contributed by atoms with Gasteiger partial charge in [-0.1, -0.05) is 17.7 Å². The number of nitrogens with one attached hydrogen (secondary N) is 1. The molecule has 0 amide bonds. The third kappa shape index (κ3) is 2.23. The summed E-state index contributed by atoms with van der Waals surface area (Å²) < 4.78 is 0. The van der Waals surface area contributed by atoms with Crippen LogP contribution in [0.4, 0.5) is 5.69 Å². The molecule has 0 saturated carbocycles. The molecular weight excluding hydrogens is 214 g/mol. The number of anilines is 1. The van der Waals surface area contributed by atoms with Crippen LogP contribution >= 0.6 is 11.6 Å². The standard InChI is InChI=1S/C11H12ClNO2/c12-8-5-4-7-2-1-3-9(11(14)15)13-10(7)6-8/h4-6,9,13H,1-3H2,(H,14,15). The number of benzene rings is 1. The van der Waals surface area contributed by atoms with Crippen LogP contribution in [0.15, 0.2) is 18.2 Å². The van der Waals surface area contributed by atoms with Crippen LogP contribution in [0, 0.1) is 0 Å². The normalized spacial score (nSPS) is 19.9. The number of aryl methyl sites for hydroxylation is 1. The van der Waals surface area contributed by atoms with Gasteiger partial charge in [0.2, 0.25) is 0 Å². The second kappa shape index (κ2) is 4.11. The van der Waals surface area contributed by atoms with Crippen molar-refractivity contribution in [3.8, 4) is 0 Å². The van der Waals surface area contributed by atoms with E-state index in [0.29, 0.717) is 11.4 Å². The first-order valence-electron chi connectivity index (χ1n) is 4.94. The van der Waals surface area contributed by atoms with E-state index in [1.54, 1.807) is 6.07 Å². The second-order valence-electron chi connectivity index (χ2n) is 3.73. The van der Waals surface area contributed by atoms with Crippen molar-refractivity contribution < 1.29 is 9.90 Å². The van der Waals surface area contributed by atoms with Crippen LogP contribution < -0.4 is 5.32 Å². The molecule has 1 aromatic rings. The summed E-state index contributed by atoms with van der Waals surface area (Å²) in [6.07, 6.45) is 2.45. The molecule has 1 atom stereocenters. The van der Waals surface area contributed by atoms with Gasteiger partial charge in [-0.05, 0) is 37.0 Å². The Bertz CT molecular complexity index is 392. The summed E-state index contributed by atoms with van der Waals surface area (Å²) in [5.74, 6) is -0.803. The maximum Gasteiger partial charge on any atom is 0.326 e. The van der Waals surface area contributed by atoms with Crippen molar-refractivity contribution in [3.63, 3.8) is 0 Å². The highest BCUT2D eigenvalue weighted by atomic mass is 35.5. The number of halogens is 1. The van der Waals surface area contributed by atoms with Gasteiger partial charge >= 0.3 is 5.97 Å². The molecule has 1 unspecified atom stereocenters. The maximum atomic E-state index is 10.9. The molecule has 0 aliphatic carbocycles. The van der Waals surface area contributed by atoms with Gasteiger partial charge in [-0.25, -0.2) is 4.79 Å². The topological polar surface area (TPSA) is 49.3 Å². The van der Waals surface area contributed by atoms with Crippen LogP contribution in [0.25, 0.3) is 0 Å². The summed E-state index contributed by atoms with van der Waals surface area (Å²) >= 11 is 5.87. The van der Waals surface area contributed by atoms with E-state index in [1.807, 2.05) is 12.1 Å². The van der Waals surface area contributed by atoms with E-state index in [1.165, 1.54) is 0 Å². The highest BCUT2D eigenvalue weighted by molar-refractivity contribution is 6.30. The van der Waals surface area contributed by atoms with Crippen LogP contribution in [0.5, 0.6) is 0 Å². The fraction of sp³-hybridized carbons (Fsp3) is 0.364. The van der Waals surface area contributed by atoms with E-state index in [0.717, 1.165) is 24.1 Å². The van der Waals surface area contributed by atoms with Gasteiger partial charge < -0.3 is 10.4 Å². The van der Waals surface area contributed by atoms with Crippen molar-refractivity contribution in [1.29, 1.82) is 0 Å². The Hall–Kier alpha value is -1.22. The van der Waals surface area contributed by atoms with Crippen molar-refractivity contribution in [1.82, 2.24) is 0 Å². The molecule has 0 bridgehead atoms. The zero-order chi connectivity index (χ0) is 10.8. The average Bonchev–Trinajstić information content (AvgIpc) is 2.39. The summed E-state index contributed by atoms with van der Waals surface area (Å²) in [7, 11) is 0. The fourth-order valence-corrected chi connectivity index (χ4v) is 2.01. The lowest BCUT2D eigenvalue weighted by Gasteiger charge is -2.13. The lowest BCUT2D eigenvalue weighted by atomic mass is 10.1.